The Morgan fingerprint density at radius 2 is 2.00 bits per heavy atom. The topological polar surface area (TPSA) is 12.4 Å². The molecular weight excluding hydrogens is 158 g/mol. The largest absolute Gasteiger partial charge is 0.291 e. The van der Waals surface area contributed by atoms with Crippen LogP contribution >= 0.6 is 11.6 Å². The van der Waals surface area contributed by atoms with Crippen LogP contribution in [0.2, 0.25) is 0 Å². The third-order valence-corrected chi connectivity index (χ3v) is 1.42. The highest BCUT2D eigenvalue weighted by atomic mass is 35.5. The molecule has 1 aromatic rings. The van der Waals surface area contributed by atoms with Gasteiger partial charge in [0.1, 0.15) is 0 Å². The van der Waals surface area contributed by atoms with Crippen molar-refractivity contribution in [3.8, 4) is 0 Å². The highest BCUT2D eigenvalue weighted by molar-refractivity contribution is 6.18. The standard InChI is InChI=1S/C9H10ClN/c10-6-7-11-8-9-4-2-1-3-5-9/h1-5,8H,6-7H2/b11-8+. The minimum atomic E-state index is 0.587. The van der Waals surface area contributed by atoms with E-state index in [4.69, 9.17) is 11.6 Å². The Morgan fingerprint density at radius 1 is 1.27 bits per heavy atom. The van der Waals surface area contributed by atoms with Crippen LogP contribution in [0.3, 0.4) is 0 Å². The molecule has 0 aliphatic rings. The summed E-state index contributed by atoms with van der Waals surface area (Å²) in [7, 11) is 0. The number of aliphatic imine (C=N–C) groups is 1. The Bertz CT molecular complexity index is 218. The molecule has 0 aliphatic heterocycles. The van der Waals surface area contributed by atoms with Gasteiger partial charge in [0.2, 0.25) is 0 Å². The molecule has 0 spiro atoms. The van der Waals surface area contributed by atoms with Crippen molar-refractivity contribution in [2.24, 2.45) is 4.99 Å². The molecule has 0 bridgehead atoms. The Balaban J connectivity index is 2.50. The van der Waals surface area contributed by atoms with Crippen molar-refractivity contribution >= 4 is 17.8 Å². The van der Waals surface area contributed by atoms with Gasteiger partial charge in [0.05, 0.1) is 6.54 Å². The summed E-state index contributed by atoms with van der Waals surface area (Å²) in [5, 5.41) is 0. The first-order valence-corrected chi connectivity index (χ1v) is 4.08. The van der Waals surface area contributed by atoms with E-state index in [2.05, 4.69) is 4.99 Å². The van der Waals surface area contributed by atoms with Gasteiger partial charge >= 0.3 is 0 Å². The maximum absolute atomic E-state index is 5.45. The van der Waals surface area contributed by atoms with Crippen LogP contribution in [0.5, 0.6) is 0 Å². The number of rotatable bonds is 3. The van der Waals surface area contributed by atoms with Gasteiger partial charge < -0.3 is 0 Å². The van der Waals surface area contributed by atoms with E-state index in [1.54, 1.807) is 0 Å². The lowest BCUT2D eigenvalue weighted by Crippen LogP contribution is -1.83. The molecule has 0 heterocycles. The molecule has 0 saturated carbocycles. The minimum Gasteiger partial charge on any atom is -0.291 e. The van der Waals surface area contributed by atoms with Crippen LogP contribution in [0.1, 0.15) is 5.56 Å². The van der Waals surface area contributed by atoms with Gasteiger partial charge in [0.15, 0.2) is 0 Å². The molecular formula is C9H10ClN. The van der Waals surface area contributed by atoms with E-state index in [-0.39, 0.29) is 0 Å². The average Bonchev–Trinajstić information content (AvgIpc) is 2.07. The van der Waals surface area contributed by atoms with Crippen molar-refractivity contribution in [3.05, 3.63) is 35.9 Å². The molecule has 0 aromatic heterocycles. The van der Waals surface area contributed by atoms with Crippen LogP contribution in [0.25, 0.3) is 0 Å². The smallest absolute Gasteiger partial charge is 0.0525 e. The molecule has 1 nitrogen and oxygen atoms in total. The summed E-state index contributed by atoms with van der Waals surface area (Å²) in [4.78, 5) is 4.10. The van der Waals surface area contributed by atoms with Crippen LogP contribution in [0, 0.1) is 0 Å². The van der Waals surface area contributed by atoms with Gasteiger partial charge in [-0.05, 0) is 5.56 Å². The predicted octanol–water partition coefficient (Wildman–Crippen LogP) is 2.34. The SMILES string of the molecule is ClCC/N=C/c1ccccc1. The zero-order chi connectivity index (χ0) is 7.94. The van der Waals surface area contributed by atoms with E-state index in [1.165, 1.54) is 0 Å². The second kappa shape index (κ2) is 4.91. The monoisotopic (exact) mass is 167 g/mol. The fraction of sp³-hybridized carbons (Fsp3) is 0.222. The summed E-state index contributed by atoms with van der Waals surface area (Å²) in [5.74, 6) is 0.587. The molecule has 1 rings (SSSR count). The van der Waals surface area contributed by atoms with Crippen LogP contribution < -0.4 is 0 Å². The average molecular weight is 168 g/mol. The van der Waals surface area contributed by atoms with Gasteiger partial charge in [0, 0.05) is 12.1 Å². The van der Waals surface area contributed by atoms with E-state index in [9.17, 15) is 0 Å². The van der Waals surface area contributed by atoms with Crippen LogP contribution in [-0.2, 0) is 0 Å². The van der Waals surface area contributed by atoms with Gasteiger partial charge in [-0.3, -0.25) is 4.99 Å². The maximum atomic E-state index is 5.45. The van der Waals surface area contributed by atoms with Crippen LogP contribution in [0.4, 0.5) is 0 Å². The molecule has 0 radical (unpaired) electrons. The normalized spacial score (nSPS) is 10.6. The number of halogens is 1. The fourth-order valence-electron chi connectivity index (χ4n) is 0.758. The summed E-state index contributed by atoms with van der Waals surface area (Å²) in [5.41, 5.74) is 1.12. The molecule has 0 aliphatic carbocycles. The van der Waals surface area contributed by atoms with E-state index in [1.807, 2.05) is 36.5 Å². The lowest BCUT2D eigenvalue weighted by atomic mass is 10.2. The molecule has 2 heteroatoms. The third kappa shape index (κ3) is 3.19. The minimum absolute atomic E-state index is 0.587. The van der Waals surface area contributed by atoms with E-state index in [0.717, 1.165) is 5.56 Å². The first kappa shape index (κ1) is 8.28. The number of nitrogens with zero attached hydrogens (tertiary/aromatic N) is 1. The second-order valence-corrected chi connectivity index (χ2v) is 2.51. The highest BCUT2D eigenvalue weighted by Gasteiger charge is 1.81. The summed E-state index contributed by atoms with van der Waals surface area (Å²) in [6.45, 7) is 0.691. The van der Waals surface area contributed by atoms with Gasteiger partial charge in [-0.1, -0.05) is 30.3 Å². The number of benzene rings is 1. The van der Waals surface area contributed by atoms with E-state index in [0.29, 0.717) is 12.4 Å². The molecule has 11 heavy (non-hydrogen) atoms. The van der Waals surface area contributed by atoms with Crippen molar-refractivity contribution in [3.63, 3.8) is 0 Å². The Kier molecular flexibility index (Phi) is 3.70. The fourth-order valence-corrected chi connectivity index (χ4v) is 0.855. The Labute approximate surface area is 71.7 Å². The van der Waals surface area contributed by atoms with Gasteiger partial charge in [-0.15, -0.1) is 11.6 Å². The third-order valence-electron chi connectivity index (χ3n) is 1.25. The van der Waals surface area contributed by atoms with E-state index < -0.39 is 0 Å². The second-order valence-electron chi connectivity index (χ2n) is 2.13. The van der Waals surface area contributed by atoms with E-state index >= 15 is 0 Å². The van der Waals surface area contributed by atoms with Gasteiger partial charge in [-0.25, -0.2) is 0 Å². The summed E-state index contributed by atoms with van der Waals surface area (Å²) < 4.78 is 0. The van der Waals surface area contributed by atoms with Gasteiger partial charge in [0.25, 0.3) is 0 Å². The summed E-state index contributed by atoms with van der Waals surface area (Å²) in [6, 6.07) is 9.98. The van der Waals surface area contributed by atoms with Crippen molar-refractivity contribution in [1.29, 1.82) is 0 Å². The molecule has 0 atom stereocenters. The van der Waals surface area contributed by atoms with Crippen LogP contribution in [0.15, 0.2) is 35.3 Å². The van der Waals surface area contributed by atoms with Crippen molar-refractivity contribution in [2.45, 2.75) is 0 Å². The van der Waals surface area contributed by atoms with Gasteiger partial charge in [-0.2, -0.15) is 0 Å². The molecule has 1 aromatic carbocycles. The molecule has 0 N–H and O–H groups in total. The molecule has 0 fully saturated rings. The summed E-state index contributed by atoms with van der Waals surface area (Å²) >= 11 is 5.45. The first-order valence-electron chi connectivity index (χ1n) is 3.54. The summed E-state index contributed by atoms with van der Waals surface area (Å²) in [6.07, 6.45) is 1.84. The highest BCUT2D eigenvalue weighted by Crippen LogP contribution is 1.93. The number of hydrogen-bond acceptors (Lipinski definition) is 1. The molecule has 0 saturated heterocycles. The predicted molar refractivity (Wildman–Crippen MR) is 49.6 cm³/mol. The number of alkyl halides is 1. The maximum Gasteiger partial charge on any atom is 0.0525 e. The number of hydrogen-bond donors (Lipinski definition) is 0. The van der Waals surface area contributed by atoms with Crippen LogP contribution in [-0.4, -0.2) is 18.6 Å². The zero-order valence-electron chi connectivity index (χ0n) is 6.20. The lowest BCUT2D eigenvalue weighted by molar-refractivity contribution is 1.15. The quantitative estimate of drug-likeness (QED) is 0.484. The molecule has 58 valence electrons. The zero-order valence-corrected chi connectivity index (χ0v) is 6.96. The van der Waals surface area contributed by atoms with Crippen molar-refractivity contribution in [1.82, 2.24) is 0 Å². The molecule has 0 amide bonds. The van der Waals surface area contributed by atoms with Crippen molar-refractivity contribution in [2.75, 3.05) is 12.4 Å². The Morgan fingerprint density at radius 3 is 2.64 bits per heavy atom. The molecule has 0 unspecified atom stereocenters. The lowest BCUT2D eigenvalue weighted by Gasteiger charge is -1.89. The first-order chi connectivity index (χ1) is 5.43. The Hall–Kier alpha value is -0.820. The van der Waals surface area contributed by atoms with Crippen molar-refractivity contribution < 1.29 is 0 Å².